The molecule has 1 aromatic rings. The molecule has 0 aliphatic heterocycles. The van der Waals surface area contributed by atoms with Gasteiger partial charge in [-0.3, -0.25) is 10.5 Å². The molecule has 0 spiro atoms. The minimum absolute atomic E-state index is 0.211. The number of carbonyl (C=O) groups is 1. The first-order valence-corrected chi connectivity index (χ1v) is 3.42. The zero-order valence-corrected chi connectivity index (χ0v) is 5.84. The SMILES string of the molecule is NC(O)(C=O)c1nccs1. The van der Waals surface area contributed by atoms with E-state index < -0.39 is 5.72 Å². The van der Waals surface area contributed by atoms with Crippen molar-refractivity contribution in [1.29, 1.82) is 0 Å². The van der Waals surface area contributed by atoms with E-state index in [9.17, 15) is 4.79 Å². The van der Waals surface area contributed by atoms with E-state index in [-0.39, 0.29) is 11.3 Å². The number of nitrogens with zero attached hydrogens (tertiary/aromatic N) is 1. The normalized spacial score (nSPS) is 16.2. The molecule has 0 saturated carbocycles. The molecule has 0 fully saturated rings. The Labute approximate surface area is 61.3 Å². The molecule has 0 aliphatic carbocycles. The van der Waals surface area contributed by atoms with Gasteiger partial charge in [0, 0.05) is 11.6 Å². The van der Waals surface area contributed by atoms with Crippen molar-refractivity contribution in [2.24, 2.45) is 5.73 Å². The quantitative estimate of drug-likeness (QED) is 0.447. The van der Waals surface area contributed by atoms with Crippen molar-refractivity contribution >= 4 is 17.6 Å². The third-order valence-corrected chi connectivity index (χ3v) is 1.87. The molecule has 0 aliphatic rings. The van der Waals surface area contributed by atoms with E-state index in [1.54, 1.807) is 5.38 Å². The topological polar surface area (TPSA) is 76.2 Å². The molecule has 1 heterocycles. The average molecular weight is 158 g/mol. The van der Waals surface area contributed by atoms with E-state index in [0.717, 1.165) is 11.3 Å². The summed E-state index contributed by atoms with van der Waals surface area (Å²) in [6.45, 7) is 0. The predicted molar refractivity (Wildman–Crippen MR) is 36.3 cm³/mol. The van der Waals surface area contributed by atoms with Crippen LogP contribution in [-0.4, -0.2) is 16.4 Å². The Bertz CT molecular complexity index is 220. The van der Waals surface area contributed by atoms with Crippen molar-refractivity contribution in [3.05, 3.63) is 16.6 Å². The number of rotatable bonds is 2. The lowest BCUT2D eigenvalue weighted by Gasteiger charge is -2.10. The number of thiazole rings is 1. The molecular formula is C5H6N2O2S. The second-order valence-electron chi connectivity index (χ2n) is 1.78. The maximum absolute atomic E-state index is 10.1. The Balaban J connectivity index is 2.95. The molecule has 0 radical (unpaired) electrons. The van der Waals surface area contributed by atoms with E-state index in [1.165, 1.54) is 6.20 Å². The third kappa shape index (κ3) is 1.21. The Morgan fingerprint density at radius 1 is 1.90 bits per heavy atom. The summed E-state index contributed by atoms with van der Waals surface area (Å²) in [7, 11) is 0. The summed E-state index contributed by atoms with van der Waals surface area (Å²) < 4.78 is 0. The maximum Gasteiger partial charge on any atom is 0.223 e. The highest BCUT2D eigenvalue weighted by molar-refractivity contribution is 7.09. The van der Waals surface area contributed by atoms with Gasteiger partial charge in [-0.15, -0.1) is 11.3 Å². The van der Waals surface area contributed by atoms with E-state index in [2.05, 4.69) is 4.98 Å². The fourth-order valence-electron chi connectivity index (χ4n) is 0.472. The largest absolute Gasteiger partial charge is 0.364 e. The molecule has 0 saturated heterocycles. The first kappa shape index (κ1) is 7.33. The van der Waals surface area contributed by atoms with E-state index in [4.69, 9.17) is 10.8 Å². The highest BCUT2D eigenvalue weighted by Crippen LogP contribution is 2.14. The molecule has 1 aromatic heterocycles. The molecule has 54 valence electrons. The number of aldehydes is 1. The number of hydrogen-bond acceptors (Lipinski definition) is 5. The van der Waals surface area contributed by atoms with Crippen molar-refractivity contribution in [1.82, 2.24) is 4.98 Å². The van der Waals surface area contributed by atoms with Crippen LogP contribution in [0.25, 0.3) is 0 Å². The van der Waals surface area contributed by atoms with Gasteiger partial charge in [0.25, 0.3) is 0 Å². The summed E-state index contributed by atoms with van der Waals surface area (Å²) in [5.74, 6) is 0. The van der Waals surface area contributed by atoms with Gasteiger partial charge in [0.1, 0.15) is 5.01 Å². The van der Waals surface area contributed by atoms with Crippen LogP contribution in [-0.2, 0) is 10.5 Å². The van der Waals surface area contributed by atoms with Crippen LogP contribution in [0.15, 0.2) is 11.6 Å². The fraction of sp³-hybridized carbons (Fsp3) is 0.200. The van der Waals surface area contributed by atoms with Crippen LogP contribution in [0.1, 0.15) is 5.01 Å². The van der Waals surface area contributed by atoms with Gasteiger partial charge in [-0.25, -0.2) is 4.98 Å². The van der Waals surface area contributed by atoms with Crippen LogP contribution < -0.4 is 5.73 Å². The van der Waals surface area contributed by atoms with Crippen molar-refractivity contribution in [2.75, 3.05) is 0 Å². The average Bonchev–Trinajstić information content (AvgIpc) is 2.38. The lowest BCUT2D eigenvalue weighted by atomic mass is 10.3. The van der Waals surface area contributed by atoms with Gasteiger partial charge in [0.15, 0.2) is 6.29 Å². The summed E-state index contributed by atoms with van der Waals surface area (Å²) in [6.07, 6.45) is 1.73. The molecule has 3 N–H and O–H groups in total. The molecule has 0 bridgehead atoms. The minimum atomic E-state index is -1.91. The maximum atomic E-state index is 10.1. The van der Waals surface area contributed by atoms with Gasteiger partial charge >= 0.3 is 0 Å². The molecule has 0 amide bonds. The Hall–Kier alpha value is -0.780. The Morgan fingerprint density at radius 2 is 2.60 bits per heavy atom. The third-order valence-electron chi connectivity index (χ3n) is 0.955. The van der Waals surface area contributed by atoms with Crippen LogP contribution in [0, 0.1) is 0 Å². The van der Waals surface area contributed by atoms with Crippen LogP contribution in [0.3, 0.4) is 0 Å². The second kappa shape index (κ2) is 2.45. The highest BCUT2D eigenvalue weighted by atomic mass is 32.1. The van der Waals surface area contributed by atoms with Gasteiger partial charge in [-0.2, -0.15) is 0 Å². The smallest absolute Gasteiger partial charge is 0.223 e. The summed E-state index contributed by atoms with van der Waals surface area (Å²) >= 11 is 1.14. The predicted octanol–water partition coefficient (Wildman–Crippen LogP) is -0.554. The zero-order chi connectivity index (χ0) is 7.61. The number of aromatic nitrogens is 1. The first-order chi connectivity index (χ1) is 4.67. The summed E-state index contributed by atoms with van der Waals surface area (Å²) in [4.78, 5) is 13.8. The van der Waals surface area contributed by atoms with Crippen molar-refractivity contribution in [3.63, 3.8) is 0 Å². The number of nitrogens with two attached hydrogens (primary N) is 1. The van der Waals surface area contributed by atoms with Crippen molar-refractivity contribution < 1.29 is 9.90 Å². The van der Waals surface area contributed by atoms with Crippen molar-refractivity contribution in [2.45, 2.75) is 5.72 Å². The molecule has 1 unspecified atom stereocenters. The molecule has 4 nitrogen and oxygen atoms in total. The van der Waals surface area contributed by atoms with E-state index in [1.807, 2.05) is 0 Å². The molecular weight excluding hydrogens is 152 g/mol. The lowest BCUT2D eigenvalue weighted by Crippen LogP contribution is -2.37. The monoisotopic (exact) mass is 158 g/mol. The molecule has 1 atom stereocenters. The molecule has 0 aromatic carbocycles. The fourth-order valence-corrected chi connectivity index (χ4v) is 1.08. The van der Waals surface area contributed by atoms with Gasteiger partial charge < -0.3 is 5.11 Å². The van der Waals surface area contributed by atoms with E-state index >= 15 is 0 Å². The van der Waals surface area contributed by atoms with Crippen LogP contribution in [0.4, 0.5) is 0 Å². The molecule has 5 heteroatoms. The Kier molecular flexibility index (Phi) is 1.80. The van der Waals surface area contributed by atoms with Gasteiger partial charge in [0.2, 0.25) is 5.72 Å². The van der Waals surface area contributed by atoms with Crippen LogP contribution in [0.2, 0.25) is 0 Å². The summed E-state index contributed by atoms with van der Waals surface area (Å²) in [5, 5.41) is 10.9. The standard InChI is InChI=1S/C5H6N2O2S/c6-5(9,3-8)4-7-1-2-10-4/h1-3,9H,6H2. The lowest BCUT2D eigenvalue weighted by molar-refractivity contribution is -0.124. The molecule has 10 heavy (non-hydrogen) atoms. The summed E-state index contributed by atoms with van der Waals surface area (Å²) in [6, 6.07) is 0. The Morgan fingerprint density at radius 3 is 3.00 bits per heavy atom. The molecule has 1 rings (SSSR count). The van der Waals surface area contributed by atoms with Crippen LogP contribution in [0.5, 0.6) is 0 Å². The zero-order valence-electron chi connectivity index (χ0n) is 5.02. The number of aliphatic hydroxyl groups is 1. The van der Waals surface area contributed by atoms with Gasteiger partial charge in [-0.05, 0) is 0 Å². The highest BCUT2D eigenvalue weighted by Gasteiger charge is 2.25. The van der Waals surface area contributed by atoms with E-state index in [0.29, 0.717) is 0 Å². The minimum Gasteiger partial charge on any atom is -0.364 e. The van der Waals surface area contributed by atoms with Gasteiger partial charge in [-0.1, -0.05) is 0 Å². The number of hydrogen-bond donors (Lipinski definition) is 2. The second-order valence-corrected chi connectivity index (χ2v) is 2.68. The number of carbonyl (C=O) groups excluding carboxylic acids is 1. The van der Waals surface area contributed by atoms with Crippen LogP contribution >= 0.6 is 11.3 Å². The summed E-state index contributed by atoms with van der Waals surface area (Å²) in [5.41, 5.74) is 3.21. The first-order valence-electron chi connectivity index (χ1n) is 2.54. The van der Waals surface area contributed by atoms with Gasteiger partial charge in [0.05, 0.1) is 0 Å². The van der Waals surface area contributed by atoms with Crippen molar-refractivity contribution in [3.8, 4) is 0 Å².